The maximum absolute atomic E-state index is 3.74. The number of fused-ring (bicyclic) bond motifs is 1. The van der Waals surface area contributed by atoms with Crippen molar-refractivity contribution in [3.8, 4) is 0 Å². The highest BCUT2D eigenvalue weighted by Gasteiger charge is 2.32. The molecule has 0 amide bonds. The lowest BCUT2D eigenvalue weighted by Crippen LogP contribution is -2.26. The number of unbranched alkanes of at least 4 members (excludes halogenated alkanes) is 1. The molecule has 112 valence electrons. The van der Waals surface area contributed by atoms with Crippen LogP contribution in [0.2, 0.25) is 0 Å². The van der Waals surface area contributed by atoms with Gasteiger partial charge in [0.05, 0.1) is 0 Å². The zero-order valence-corrected chi connectivity index (χ0v) is 13.5. The maximum atomic E-state index is 3.74. The molecular weight excluding hydrogens is 242 g/mol. The van der Waals surface area contributed by atoms with Crippen LogP contribution in [0.5, 0.6) is 0 Å². The smallest absolute Gasteiger partial charge is 0.0354 e. The van der Waals surface area contributed by atoms with Gasteiger partial charge in [0.2, 0.25) is 0 Å². The quantitative estimate of drug-likeness (QED) is 0.693. The molecule has 1 heteroatoms. The number of benzene rings is 1. The molecular formula is C19H31N. The standard InChI is InChI=1S/C19H31N/c1-4-7-10-15(5-2)13-17-14-16-11-8-9-12-18(16)19(17)20-6-3/h8-9,11-12,15,17,19-20H,4-7,10,13-14H2,1-3H3. The van der Waals surface area contributed by atoms with Crippen LogP contribution in [0.1, 0.15) is 70.0 Å². The Labute approximate surface area is 125 Å². The first kappa shape index (κ1) is 15.6. The highest BCUT2D eigenvalue weighted by Crippen LogP contribution is 2.40. The van der Waals surface area contributed by atoms with Crippen molar-refractivity contribution in [2.45, 2.75) is 65.3 Å². The Morgan fingerprint density at radius 3 is 2.70 bits per heavy atom. The van der Waals surface area contributed by atoms with E-state index < -0.39 is 0 Å². The fraction of sp³-hybridized carbons (Fsp3) is 0.684. The second kappa shape index (κ2) is 7.83. The van der Waals surface area contributed by atoms with E-state index in [9.17, 15) is 0 Å². The van der Waals surface area contributed by atoms with Gasteiger partial charge in [-0.25, -0.2) is 0 Å². The summed E-state index contributed by atoms with van der Waals surface area (Å²) in [6.45, 7) is 7.97. The second-order valence-corrected chi connectivity index (χ2v) is 6.35. The van der Waals surface area contributed by atoms with E-state index in [0.717, 1.165) is 18.4 Å². The van der Waals surface area contributed by atoms with Crippen molar-refractivity contribution in [1.29, 1.82) is 0 Å². The van der Waals surface area contributed by atoms with Crippen LogP contribution >= 0.6 is 0 Å². The van der Waals surface area contributed by atoms with Crippen LogP contribution in [0.3, 0.4) is 0 Å². The molecule has 0 radical (unpaired) electrons. The van der Waals surface area contributed by atoms with Crippen molar-refractivity contribution in [3.05, 3.63) is 35.4 Å². The molecule has 20 heavy (non-hydrogen) atoms. The van der Waals surface area contributed by atoms with Crippen LogP contribution in [-0.4, -0.2) is 6.54 Å². The number of hydrogen-bond donors (Lipinski definition) is 1. The Balaban J connectivity index is 2.04. The maximum Gasteiger partial charge on any atom is 0.0354 e. The predicted molar refractivity (Wildman–Crippen MR) is 88.0 cm³/mol. The molecule has 3 unspecified atom stereocenters. The van der Waals surface area contributed by atoms with Gasteiger partial charge in [-0.3, -0.25) is 0 Å². The third-order valence-corrected chi connectivity index (χ3v) is 4.95. The van der Waals surface area contributed by atoms with E-state index >= 15 is 0 Å². The topological polar surface area (TPSA) is 12.0 Å². The second-order valence-electron chi connectivity index (χ2n) is 6.35. The molecule has 0 fully saturated rings. The summed E-state index contributed by atoms with van der Waals surface area (Å²) in [5.41, 5.74) is 3.14. The average molecular weight is 273 g/mol. The molecule has 0 heterocycles. The van der Waals surface area contributed by atoms with Crippen molar-refractivity contribution in [3.63, 3.8) is 0 Å². The molecule has 1 aromatic carbocycles. The molecule has 1 aliphatic rings. The molecule has 0 aromatic heterocycles. The van der Waals surface area contributed by atoms with Crippen LogP contribution in [0.4, 0.5) is 0 Å². The summed E-state index contributed by atoms with van der Waals surface area (Å²) >= 11 is 0. The van der Waals surface area contributed by atoms with Crippen LogP contribution in [0.15, 0.2) is 24.3 Å². The first-order valence-corrected chi connectivity index (χ1v) is 8.61. The number of rotatable bonds is 8. The molecule has 0 spiro atoms. The van der Waals surface area contributed by atoms with Crippen LogP contribution in [-0.2, 0) is 6.42 Å². The SMILES string of the molecule is CCCCC(CC)CC1Cc2ccccc2C1NCC. The van der Waals surface area contributed by atoms with E-state index in [0.29, 0.717) is 6.04 Å². The van der Waals surface area contributed by atoms with E-state index in [4.69, 9.17) is 0 Å². The lowest BCUT2D eigenvalue weighted by atomic mass is 9.85. The number of hydrogen-bond acceptors (Lipinski definition) is 1. The molecule has 2 rings (SSSR count). The van der Waals surface area contributed by atoms with Gasteiger partial charge >= 0.3 is 0 Å². The van der Waals surface area contributed by atoms with Crippen LogP contribution in [0.25, 0.3) is 0 Å². The summed E-state index contributed by atoms with van der Waals surface area (Å²) in [6.07, 6.45) is 8.14. The summed E-state index contributed by atoms with van der Waals surface area (Å²) in [5.74, 6) is 1.71. The van der Waals surface area contributed by atoms with Gasteiger partial charge in [-0.15, -0.1) is 0 Å². The van der Waals surface area contributed by atoms with Crippen molar-refractivity contribution in [2.75, 3.05) is 6.54 Å². The van der Waals surface area contributed by atoms with Crippen LogP contribution < -0.4 is 5.32 Å². The fourth-order valence-electron chi connectivity index (χ4n) is 3.80. The van der Waals surface area contributed by atoms with Gasteiger partial charge in [-0.2, -0.15) is 0 Å². The fourth-order valence-corrected chi connectivity index (χ4v) is 3.80. The van der Waals surface area contributed by atoms with Crippen molar-refractivity contribution in [1.82, 2.24) is 5.32 Å². The van der Waals surface area contributed by atoms with Crippen molar-refractivity contribution >= 4 is 0 Å². The molecule has 1 aromatic rings. The highest BCUT2D eigenvalue weighted by atomic mass is 14.9. The summed E-state index contributed by atoms with van der Waals surface area (Å²) in [7, 11) is 0. The van der Waals surface area contributed by atoms with Gasteiger partial charge < -0.3 is 5.32 Å². The zero-order chi connectivity index (χ0) is 14.4. The molecule has 0 saturated carbocycles. The third-order valence-electron chi connectivity index (χ3n) is 4.95. The monoisotopic (exact) mass is 273 g/mol. The lowest BCUT2D eigenvalue weighted by molar-refractivity contribution is 0.290. The Hall–Kier alpha value is -0.820. The van der Waals surface area contributed by atoms with Crippen molar-refractivity contribution in [2.24, 2.45) is 11.8 Å². The molecule has 0 bridgehead atoms. The Kier molecular flexibility index (Phi) is 6.09. The zero-order valence-electron chi connectivity index (χ0n) is 13.5. The summed E-state index contributed by atoms with van der Waals surface area (Å²) in [5, 5.41) is 3.74. The average Bonchev–Trinajstić information content (AvgIpc) is 2.82. The molecule has 3 atom stereocenters. The largest absolute Gasteiger partial charge is 0.310 e. The summed E-state index contributed by atoms with van der Waals surface area (Å²) in [6, 6.07) is 9.63. The predicted octanol–water partition coefficient (Wildman–Crippen LogP) is 5.12. The molecule has 1 N–H and O–H groups in total. The van der Waals surface area contributed by atoms with E-state index in [1.807, 2.05) is 0 Å². The lowest BCUT2D eigenvalue weighted by Gasteiger charge is -2.25. The van der Waals surface area contributed by atoms with Gasteiger partial charge in [0.15, 0.2) is 0 Å². The van der Waals surface area contributed by atoms with Gasteiger partial charge in [-0.1, -0.05) is 70.7 Å². The summed E-state index contributed by atoms with van der Waals surface area (Å²) in [4.78, 5) is 0. The minimum atomic E-state index is 0.590. The van der Waals surface area contributed by atoms with E-state index in [2.05, 4.69) is 50.4 Å². The van der Waals surface area contributed by atoms with E-state index in [1.165, 1.54) is 38.5 Å². The molecule has 0 aliphatic heterocycles. The van der Waals surface area contributed by atoms with Gasteiger partial charge in [0.25, 0.3) is 0 Å². The Morgan fingerprint density at radius 2 is 2.00 bits per heavy atom. The molecule has 0 saturated heterocycles. The normalized spacial score (nSPS) is 22.8. The van der Waals surface area contributed by atoms with E-state index in [-0.39, 0.29) is 0 Å². The minimum absolute atomic E-state index is 0.590. The molecule has 1 nitrogen and oxygen atoms in total. The Bertz CT molecular complexity index is 399. The van der Waals surface area contributed by atoms with Crippen LogP contribution in [0, 0.1) is 11.8 Å². The minimum Gasteiger partial charge on any atom is -0.310 e. The van der Waals surface area contributed by atoms with Gasteiger partial charge in [0, 0.05) is 6.04 Å². The molecule has 1 aliphatic carbocycles. The van der Waals surface area contributed by atoms with Crippen molar-refractivity contribution < 1.29 is 0 Å². The summed E-state index contributed by atoms with van der Waals surface area (Å²) < 4.78 is 0. The third kappa shape index (κ3) is 3.63. The van der Waals surface area contributed by atoms with E-state index in [1.54, 1.807) is 11.1 Å². The first-order chi connectivity index (χ1) is 9.80. The van der Waals surface area contributed by atoms with Gasteiger partial charge in [-0.05, 0) is 42.3 Å². The Morgan fingerprint density at radius 1 is 1.20 bits per heavy atom. The highest BCUT2D eigenvalue weighted by molar-refractivity contribution is 5.35. The van der Waals surface area contributed by atoms with Gasteiger partial charge in [0.1, 0.15) is 0 Å². The number of nitrogens with one attached hydrogen (secondary N) is 1. The first-order valence-electron chi connectivity index (χ1n) is 8.61.